The Morgan fingerprint density at radius 1 is 1.69 bits per heavy atom. The van der Waals surface area contributed by atoms with Gasteiger partial charge in [0.1, 0.15) is 5.82 Å². The first-order valence-electron chi connectivity index (χ1n) is 4.32. The monoisotopic (exact) mass is 201 g/mol. The van der Waals surface area contributed by atoms with E-state index < -0.39 is 0 Å². The Hall–Kier alpha value is -0.740. The van der Waals surface area contributed by atoms with Gasteiger partial charge >= 0.3 is 0 Å². The standard InChI is InChI=1S/C8H12ClN3O/c1-5-10-7(9)8(11-5)12-3-2-6(13)4-12/h6,13H,2-4H2,1H3,(H,10,11). The highest BCUT2D eigenvalue weighted by Crippen LogP contribution is 2.25. The summed E-state index contributed by atoms with van der Waals surface area (Å²) in [7, 11) is 0. The van der Waals surface area contributed by atoms with E-state index in [9.17, 15) is 5.11 Å². The van der Waals surface area contributed by atoms with Gasteiger partial charge in [0, 0.05) is 13.1 Å². The predicted molar refractivity (Wildman–Crippen MR) is 51.2 cm³/mol. The SMILES string of the molecule is Cc1nc(N2CCC(O)C2)c(Cl)[nH]1. The molecule has 1 aromatic heterocycles. The molecule has 1 fully saturated rings. The molecule has 2 heterocycles. The van der Waals surface area contributed by atoms with Gasteiger partial charge in [-0.05, 0) is 13.3 Å². The minimum Gasteiger partial charge on any atom is -0.391 e. The summed E-state index contributed by atoms with van der Waals surface area (Å²) >= 11 is 5.93. The van der Waals surface area contributed by atoms with Gasteiger partial charge in [-0.15, -0.1) is 0 Å². The number of β-amino-alcohol motifs (C(OH)–C–C–N with tert-alkyl or cyclic N) is 1. The van der Waals surface area contributed by atoms with Crippen molar-refractivity contribution in [1.29, 1.82) is 0 Å². The van der Waals surface area contributed by atoms with Gasteiger partial charge in [0.15, 0.2) is 11.0 Å². The average molecular weight is 202 g/mol. The Balaban J connectivity index is 2.20. The molecule has 1 atom stereocenters. The normalized spacial score (nSPS) is 22.7. The maximum Gasteiger partial charge on any atom is 0.166 e. The molecule has 0 aromatic carbocycles. The molecular weight excluding hydrogens is 190 g/mol. The van der Waals surface area contributed by atoms with Crippen molar-refractivity contribution in [1.82, 2.24) is 9.97 Å². The van der Waals surface area contributed by atoms with Crippen LogP contribution >= 0.6 is 11.6 Å². The van der Waals surface area contributed by atoms with Crippen LogP contribution in [-0.2, 0) is 0 Å². The van der Waals surface area contributed by atoms with Crippen molar-refractivity contribution in [2.75, 3.05) is 18.0 Å². The maximum atomic E-state index is 9.34. The molecule has 1 aromatic rings. The number of rotatable bonds is 1. The molecule has 0 amide bonds. The molecule has 4 nitrogen and oxygen atoms in total. The molecule has 2 rings (SSSR count). The zero-order valence-electron chi connectivity index (χ0n) is 7.42. The number of halogens is 1. The van der Waals surface area contributed by atoms with Crippen LogP contribution in [0.1, 0.15) is 12.2 Å². The molecule has 0 spiro atoms. The van der Waals surface area contributed by atoms with E-state index in [2.05, 4.69) is 9.97 Å². The lowest BCUT2D eigenvalue weighted by atomic mass is 10.3. The van der Waals surface area contributed by atoms with E-state index in [1.807, 2.05) is 11.8 Å². The average Bonchev–Trinajstić information content (AvgIpc) is 2.58. The fourth-order valence-electron chi connectivity index (χ4n) is 1.59. The number of aryl methyl sites for hydroxylation is 1. The molecule has 1 unspecified atom stereocenters. The number of aromatic nitrogens is 2. The van der Waals surface area contributed by atoms with E-state index in [4.69, 9.17) is 11.6 Å². The summed E-state index contributed by atoms with van der Waals surface area (Å²) in [5, 5.41) is 9.90. The lowest BCUT2D eigenvalue weighted by molar-refractivity contribution is 0.198. The zero-order chi connectivity index (χ0) is 9.42. The summed E-state index contributed by atoms with van der Waals surface area (Å²) < 4.78 is 0. The third kappa shape index (κ3) is 1.64. The molecular formula is C8H12ClN3O. The summed E-state index contributed by atoms with van der Waals surface area (Å²) in [5.74, 6) is 1.57. The molecule has 0 aliphatic carbocycles. The minimum atomic E-state index is -0.243. The Morgan fingerprint density at radius 2 is 2.46 bits per heavy atom. The quantitative estimate of drug-likeness (QED) is 0.711. The topological polar surface area (TPSA) is 52.1 Å². The fraction of sp³-hybridized carbons (Fsp3) is 0.625. The highest BCUT2D eigenvalue weighted by atomic mass is 35.5. The van der Waals surface area contributed by atoms with Crippen molar-refractivity contribution >= 4 is 17.4 Å². The van der Waals surface area contributed by atoms with Crippen LogP contribution in [0.25, 0.3) is 0 Å². The largest absolute Gasteiger partial charge is 0.391 e. The van der Waals surface area contributed by atoms with E-state index in [1.165, 1.54) is 0 Å². The Bertz CT molecular complexity index is 312. The Kier molecular flexibility index (Phi) is 2.17. The molecule has 72 valence electrons. The van der Waals surface area contributed by atoms with Crippen LogP contribution in [0.2, 0.25) is 5.15 Å². The van der Waals surface area contributed by atoms with Crippen molar-refractivity contribution in [3.8, 4) is 0 Å². The van der Waals surface area contributed by atoms with Gasteiger partial charge in [-0.25, -0.2) is 4.98 Å². The number of H-pyrrole nitrogens is 1. The molecule has 0 radical (unpaired) electrons. The summed E-state index contributed by atoms with van der Waals surface area (Å²) in [6.07, 6.45) is 0.551. The summed E-state index contributed by atoms with van der Waals surface area (Å²) in [6, 6.07) is 0. The van der Waals surface area contributed by atoms with Crippen LogP contribution in [-0.4, -0.2) is 34.3 Å². The molecule has 5 heteroatoms. The summed E-state index contributed by atoms with van der Waals surface area (Å²) in [6.45, 7) is 3.32. The van der Waals surface area contributed by atoms with E-state index >= 15 is 0 Å². The first kappa shape index (κ1) is 8.84. The third-order valence-electron chi connectivity index (χ3n) is 2.22. The van der Waals surface area contributed by atoms with Crippen LogP contribution in [0.15, 0.2) is 0 Å². The molecule has 2 N–H and O–H groups in total. The van der Waals surface area contributed by atoms with Gasteiger partial charge in [0.2, 0.25) is 0 Å². The number of anilines is 1. The lowest BCUT2D eigenvalue weighted by Crippen LogP contribution is -2.21. The first-order chi connectivity index (χ1) is 6.16. The second-order valence-corrected chi connectivity index (χ2v) is 3.73. The Morgan fingerprint density at radius 3 is 2.92 bits per heavy atom. The van der Waals surface area contributed by atoms with Gasteiger partial charge < -0.3 is 15.0 Å². The highest BCUT2D eigenvalue weighted by Gasteiger charge is 2.23. The number of hydrogen-bond donors (Lipinski definition) is 2. The number of aliphatic hydroxyl groups is 1. The first-order valence-corrected chi connectivity index (χ1v) is 4.69. The second-order valence-electron chi connectivity index (χ2n) is 3.35. The van der Waals surface area contributed by atoms with Crippen LogP contribution in [0, 0.1) is 6.92 Å². The third-order valence-corrected chi connectivity index (χ3v) is 2.49. The number of nitrogens with one attached hydrogen (secondary N) is 1. The number of hydrogen-bond acceptors (Lipinski definition) is 3. The highest BCUT2D eigenvalue weighted by molar-refractivity contribution is 6.31. The molecule has 13 heavy (non-hydrogen) atoms. The smallest absolute Gasteiger partial charge is 0.166 e. The van der Waals surface area contributed by atoms with E-state index in [-0.39, 0.29) is 6.10 Å². The number of aromatic amines is 1. The van der Waals surface area contributed by atoms with E-state index in [1.54, 1.807) is 0 Å². The maximum absolute atomic E-state index is 9.34. The van der Waals surface area contributed by atoms with Crippen LogP contribution in [0.3, 0.4) is 0 Å². The van der Waals surface area contributed by atoms with Gasteiger partial charge in [0.25, 0.3) is 0 Å². The summed E-state index contributed by atoms with van der Waals surface area (Å²) in [4.78, 5) is 9.18. The molecule has 0 saturated carbocycles. The zero-order valence-corrected chi connectivity index (χ0v) is 8.17. The van der Waals surface area contributed by atoms with Gasteiger partial charge in [-0.2, -0.15) is 0 Å². The van der Waals surface area contributed by atoms with Crippen LogP contribution in [0.5, 0.6) is 0 Å². The van der Waals surface area contributed by atoms with E-state index in [0.29, 0.717) is 11.7 Å². The second kappa shape index (κ2) is 3.20. The lowest BCUT2D eigenvalue weighted by Gasteiger charge is -2.14. The van der Waals surface area contributed by atoms with Crippen molar-refractivity contribution in [2.45, 2.75) is 19.4 Å². The van der Waals surface area contributed by atoms with Crippen molar-refractivity contribution in [3.63, 3.8) is 0 Å². The molecule has 1 saturated heterocycles. The van der Waals surface area contributed by atoms with Gasteiger partial charge in [-0.3, -0.25) is 0 Å². The molecule has 1 aliphatic rings. The number of imidazole rings is 1. The molecule has 1 aliphatic heterocycles. The van der Waals surface area contributed by atoms with Crippen molar-refractivity contribution < 1.29 is 5.11 Å². The Labute approximate surface area is 81.5 Å². The predicted octanol–water partition coefficient (Wildman–Crippen LogP) is 0.943. The number of nitrogens with zero attached hydrogens (tertiary/aromatic N) is 2. The molecule has 0 bridgehead atoms. The van der Waals surface area contributed by atoms with Gasteiger partial charge in [-0.1, -0.05) is 11.6 Å². The fourth-order valence-corrected chi connectivity index (χ4v) is 1.89. The van der Waals surface area contributed by atoms with Crippen molar-refractivity contribution in [2.24, 2.45) is 0 Å². The van der Waals surface area contributed by atoms with Crippen LogP contribution in [0.4, 0.5) is 5.82 Å². The summed E-state index contributed by atoms with van der Waals surface area (Å²) in [5.41, 5.74) is 0. The minimum absolute atomic E-state index is 0.243. The van der Waals surface area contributed by atoms with Crippen LogP contribution < -0.4 is 4.90 Å². The van der Waals surface area contributed by atoms with Gasteiger partial charge in [0.05, 0.1) is 6.10 Å². The van der Waals surface area contributed by atoms with Crippen molar-refractivity contribution in [3.05, 3.63) is 11.0 Å². The number of aliphatic hydroxyl groups excluding tert-OH is 1. The van der Waals surface area contributed by atoms with E-state index in [0.717, 1.165) is 24.6 Å².